The van der Waals surface area contributed by atoms with Gasteiger partial charge in [0.25, 0.3) is 5.91 Å². The van der Waals surface area contributed by atoms with E-state index in [9.17, 15) is 4.79 Å². The molecule has 1 aromatic heterocycles. The van der Waals surface area contributed by atoms with Crippen LogP contribution in [0.1, 0.15) is 43.0 Å². The Kier molecular flexibility index (Phi) is 4.15. The first-order chi connectivity index (χ1) is 8.72. The Morgan fingerprint density at radius 2 is 2.33 bits per heavy atom. The van der Waals surface area contributed by atoms with E-state index < -0.39 is 0 Å². The predicted molar refractivity (Wildman–Crippen MR) is 70.9 cm³/mol. The molecule has 98 valence electrons. The lowest BCUT2D eigenvalue weighted by Crippen LogP contribution is -2.34. The van der Waals surface area contributed by atoms with Crippen molar-refractivity contribution in [1.29, 1.82) is 0 Å². The van der Waals surface area contributed by atoms with Crippen LogP contribution in [0, 0.1) is 5.92 Å². The van der Waals surface area contributed by atoms with Crippen LogP contribution in [0.5, 0.6) is 0 Å². The molecule has 0 spiro atoms. The zero-order chi connectivity index (χ0) is 13.0. The van der Waals surface area contributed by atoms with E-state index >= 15 is 0 Å². The third-order valence-electron chi connectivity index (χ3n) is 3.32. The van der Waals surface area contributed by atoms with Crippen LogP contribution in [0.2, 0.25) is 0 Å². The first kappa shape index (κ1) is 12.8. The SMILES string of the molecule is CCC(CC1CC1)NC(=O)c1ccc(NN)nc1. The Labute approximate surface area is 107 Å². The third-order valence-corrected chi connectivity index (χ3v) is 3.32. The highest BCUT2D eigenvalue weighted by Gasteiger charge is 2.25. The third kappa shape index (κ3) is 3.43. The number of nitrogen functional groups attached to an aromatic ring is 1. The maximum atomic E-state index is 12.0. The van der Waals surface area contributed by atoms with Crippen LogP contribution in [0.4, 0.5) is 5.82 Å². The van der Waals surface area contributed by atoms with Crippen LogP contribution >= 0.6 is 0 Å². The molecule has 1 heterocycles. The first-order valence-corrected chi connectivity index (χ1v) is 6.46. The summed E-state index contributed by atoms with van der Waals surface area (Å²) < 4.78 is 0. The molecule has 2 rings (SSSR count). The van der Waals surface area contributed by atoms with Crippen molar-refractivity contribution in [1.82, 2.24) is 10.3 Å². The maximum absolute atomic E-state index is 12.0. The number of hydrogen-bond donors (Lipinski definition) is 3. The van der Waals surface area contributed by atoms with Crippen molar-refractivity contribution in [3.05, 3.63) is 23.9 Å². The molecule has 5 heteroatoms. The molecule has 0 aliphatic heterocycles. The second-order valence-corrected chi connectivity index (χ2v) is 4.83. The van der Waals surface area contributed by atoms with E-state index in [0.717, 1.165) is 18.8 Å². The average molecular weight is 248 g/mol. The number of aromatic nitrogens is 1. The summed E-state index contributed by atoms with van der Waals surface area (Å²) in [6.45, 7) is 2.10. The number of pyridine rings is 1. The number of hydrazine groups is 1. The van der Waals surface area contributed by atoms with Gasteiger partial charge in [0.2, 0.25) is 0 Å². The number of amides is 1. The molecule has 1 fully saturated rings. The molecule has 1 saturated carbocycles. The lowest BCUT2D eigenvalue weighted by molar-refractivity contribution is 0.0932. The summed E-state index contributed by atoms with van der Waals surface area (Å²) in [7, 11) is 0. The molecular formula is C13H20N4O. The standard InChI is InChI=1S/C13H20N4O/c1-2-11(7-9-3-4-9)16-13(18)10-5-6-12(17-14)15-8-10/h5-6,8-9,11H,2-4,7,14H2,1H3,(H,15,17)(H,16,18). The molecule has 1 unspecified atom stereocenters. The predicted octanol–water partition coefficient (Wildman–Crippen LogP) is 1.68. The van der Waals surface area contributed by atoms with Gasteiger partial charge in [-0.15, -0.1) is 0 Å². The van der Waals surface area contributed by atoms with Crippen LogP contribution in [0.3, 0.4) is 0 Å². The lowest BCUT2D eigenvalue weighted by Gasteiger charge is -2.16. The average Bonchev–Trinajstić information content (AvgIpc) is 3.22. The minimum atomic E-state index is -0.0569. The highest BCUT2D eigenvalue weighted by atomic mass is 16.1. The summed E-state index contributed by atoms with van der Waals surface area (Å²) >= 11 is 0. The Morgan fingerprint density at radius 3 is 2.83 bits per heavy atom. The molecule has 4 N–H and O–H groups in total. The maximum Gasteiger partial charge on any atom is 0.253 e. The lowest BCUT2D eigenvalue weighted by atomic mass is 10.1. The zero-order valence-corrected chi connectivity index (χ0v) is 10.6. The molecule has 0 radical (unpaired) electrons. The summed E-state index contributed by atoms with van der Waals surface area (Å²) in [6.07, 6.45) is 6.22. The smallest absolute Gasteiger partial charge is 0.253 e. The fourth-order valence-electron chi connectivity index (χ4n) is 1.97. The molecule has 1 aromatic rings. The fourth-order valence-corrected chi connectivity index (χ4v) is 1.97. The van der Waals surface area contributed by atoms with Crippen molar-refractivity contribution in [2.24, 2.45) is 11.8 Å². The summed E-state index contributed by atoms with van der Waals surface area (Å²) in [4.78, 5) is 16.0. The quantitative estimate of drug-likeness (QED) is 0.528. The van der Waals surface area contributed by atoms with Crippen molar-refractivity contribution in [3.8, 4) is 0 Å². The number of nitrogens with one attached hydrogen (secondary N) is 2. The Bertz CT molecular complexity index is 400. The first-order valence-electron chi connectivity index (χ1n) is 6.46. The van der Waals surface area contributed by atoms with Crippen LogP contribution in [0.15, 0.2) is 18.3 Å². The van der Waals surface area contributed by atoms with Gasteiger partial charge in [-0.2, -0.15) is 0 Å². The number of carbonyl (C=O) groups is 1. The number of anilines is 1. The second kappa shape index (κ2) is 5.82. The van der Waals surface area contributed by atoms with Gasteiger partial charge in [0, 0.05) is 12.2 Å². The molecule has 0 saturated heterocycles. The number of rotatable bonds is 6. The summed E-state index contributed by atoms with van der Waals surface area (Å²) in [5, 5.41) is 3.06. The van der Waals surface area contributed by atoms with E-state index in [1.54, 1.807) is 12.1 Å². The van der Waals surface area contributed by atoms with Gasteiger partial charge in [0.1, 0.15) is 5.82 Å². The molecule has 1 aliphatic carbocycles. The second-order valence-electron chi connectivity index (χ2n) is 4.83. The summed E-state index contributed by atoms with van der Waals surface area (Å²) in [5.74, 6) is 6.54. The highest BCUT2D eigenvalue weighted by Crippen LogP contribution is 2.34. The van der Waals surface area contributed by atoms with Gasteiger partial charge in [-0.1, -0.05) is 19.8 Å². The Balaban J connectivity index is 1.91. The van der Waals surface area contributed by atoms with Gasteiger partial charge >= 0.3 is 0 Å². The van der Waals surface area contributed by atoms with E-state index in [4.69, 9.17) is 5.84 Å². The molecule has 18 heavy (non-hydrogen) atoms. The molecule has 0 bridgehead atoms. The van der Waals surface area contributed by atoms with Gasteiger partial charge in [0.15, 0.2) is 0 Å². The van der Waals surface area contributed by atoms with E-state index in [1.807, 2.05) is 0 Å². The molecule has 5 nitrogen and oxygen atoms in total. The Morgan fingerprint density at radius 1 is 1.56 bits per heavy atom. The normalized spacial score (nSPS) is 16.1. The number of nitrogens with zero attached hydrogens (tertiary/aromatic N) is 1. The van der Waals surface area contributed by atoms with Gasteiger partial charge in [-0.25, -0.2) is 10.8 Å². The van der Waals surface area contributed by atoms with Crippen LogP contribution in [0.25, 0.3) is 0 Å². The number of hydrogen-bond acceptors (Lipinski definition) is 4. The molecule has 0 aromatic carbocycles. The van der Waals surface area contributed by atoms with Crippen molar-refractivity contribution >= 4 is 11.7 Å². The minimum absolute atomic E-state index is 0.0569. The van der Waals surface area contributed by atoms with Crippen molar-refractivity contribution in [2.45, 2.75) is 38.6 Å². The molecule has 1 atom stereocenters. The number of nitrogens with two attached hydrogens (primary N) is 1. The van der Waals surface area contributed by atoms with E-state index in [-0.39, 0.29) is 11.9 Å². The highest BCUT2D eigenvalue weighted by molar-refractivity contribution is 5.94. The molecular weight excluding hydrogens is 228 g/mol. The van der Waals surface area contributed by atoms with Crippen molar-refractivity contribution in [2.75, 3.05) is 5.43 Å². The monoisotopic (exact) mass is 248 g/mol. The van der Waals surface area contributed by atoms with E-state index in [1.165, 1.54) is 19.0 Å². The largest absolute Gasteiger partial charge is 0.349 e. The molecule has 1 aliphatic rings. The van der Waals surface area contributed by atoms with Gasteiger partial charge in [-0.3, -0.25) is 4.79 Å². The number of carbonyl (C=O) groups excluding carboxylic acids is 1. The van der Waals surface area contributed by atoms with Gasteiger partial charge in [-0.05, 0) is 30.9 Å². The van der Waals surface area contributed by atoms with Crippen LogP contribution < -0.4 is 16.6 Å². The van der Waals surface area contributed by atoms with Crippen molar-refractivity contribution < 1.29 is 4.79 Å². The minimum Gasteiger partial charge on any atom is -0.349 e. The van der Waals surface area contributed by atoms with Crippen LogP contribution in [-0.4, -0.2) is 16.9 Å². The zero-order valence-electron chi connectivity index (χ0n) is 10.6. The van der Waals surface area contributed by atoms with Gasteiger partial charge in [0.05, 0.1) is 5.56 Å². The van der Waals surface area contributed by atoms with Crippen LogP contribution in [-0.2, 0) is 0 Å². The van der Waals surface area contributed by atoms with E-state index in [2.05, 4.69) is 22.7 Å². The Hall–Kier alpha value is -1.62. The molecule has 1 amide bonds. The fraction of sp³-hybridized carbons (Fsp3) is 0.538. The summed E-state index contributed by atoms with van der Waals surface area (Å²) in [6, 6.07) is 3.69. The van der Waals surface area contributed by atoms with Gasteiger partial charge < -0.3 is 10.7 Å². The van der Waals surface area contributed by atoms with E-state index in [0.29, 0.717) is 11.4 Å². The topological polar surface area (TPSA) is 80.0 Å². The summed E-state index contributed by atoms with van der Waals surface area (Å²) in [5.41, 5.74) is 3.01. The van der Waals surface area contributed by atoms with Crippen molar-refractivity contribution in [3.63, 3.8) is 0 Å².